The lowest BCUT2D eigenvalue weighted by Gasteiger charge is -2.10. The van der Waals surface area contributed by atoms with Crippen molar-refractivity contribution in [1.29, 1.82) is 0 Å². The predicted octanol–water partition coefficient (Wildman–Crippen LogP) is 24.0. The maximum atomic E-state index is 6.77. The van der Waals surface area contributed by atoms with Crippen LogP contribution in [-0.4, -0.2) is 9.13 Å². The van der Waals surface area contributed by atoms with E-state index in [0.29, 0.717) is 0 Å². The van der Waals surface area contributed by atoms with Crippen LogP contribution in [0.1, 0.15) is 0 Å². The maximum absolute atomic E-state index is 6.77. The number of hydrogen-bond donors (Lipinski definition) is 0. The van der Waals surface area contributed by atoms with Crippen molar-refractivity contribution in [3.63, 3.8) is 0 Å². The molecule has 422 valence electrons. The number of fused-ring (bicyclic) bond motifs is 21. The summed E-state index contributed by atoms with van der Waals surface area (Å²) >= 11 is 0. The Labute approximate surface area is 516 Å². The van der Waals surface area contributed by atoms with E-state index < -0.39 is 0 Å². The minimum absolute atomic E-state index is 0.826. The fourth-order valence-corrected chi connectivity index (χ4v) is 15.0. The molecule has 0 aliphatic rings. The Balaban J connectivity index is 0.737. The van der Waals surface area contributed by atoms with Crippen LogP contribution in [0.25, 0.3) is 209 Å². The van der Waals surface area contributed by atoms with Crippen LogP contribution in [0.4, 0.5) is 0 Å². The Kier molecular flexibility index (Phi) is 9.72. The molecule has 21 rings (SSSR count). The summed E-state index contributed by atoms with van der Waals surface area (Å²) in [4.78, 5) is 0. The van der Waals surface area contributed by atoms with Gasteiger partial charge in [-0.2, -0.15) is 0 Å². The lowest BCUT2D eigenvalue weighted by Crippen LogP contribution is -1.94. The van der Waals surface area contributed by atoms with Crippen LogP contribution in [0.15, 0.2) is 301 Å². The Hall–Kier alpha value is -12.3. The monoisotopic (exact) mass is 1160 g/mol. The third-order valence-electron chi connectivity index (χ3n) is 19.3. The van der Waals surface area contributed by atoms with Gasteiger partial charge in [0.25, 0.3) is 0 Å². The van der Waals surface area contributed by atoms with E-state index in [-0.39, 0.29) is 0 Å². The van der Waals surface area contributed by atoms with E-state index in [1.54, 1.807) is 0 Å². The largest absolute Gasteiger partial charge is 0.456 e. The van der Waals surface area contributed by atoms with Crippen LogP contribution >= 0.6 is 0 Å². The Bertz CT molecular complexity index is 5980. The molecule has 7 aromatic heterocycles. The highest BCUT2D eigenvalue weighted by Gasteiger charge is 2.22. The van der Waals surface area contributed by atoms with Crippen molar-refractivity contribution < 1.29 is 22.1 Å². The molecule has 0 fully saturated rings. The highest BCUT2D eigenvalue weighted by Crippen LogP contribution is 2.45. The van der Waals surface area contributed by atoms with Crippen LogP contribution < -0.4 is 0 Å². The Morgan fingerprint density at radius 1 is 0.154 bits per heavy atom. The van der Waals surface area contributed by atoms with Gasteiger partial charge in [0, 0.05) is 86.8 Å². The summed E-state index contributed by atoms with van der Waals surface area (Å²) in [5.41, 5.74) is 24.3. The standard InChI is InChI=1S/C84H46N2O5/c1-5-13-75-57(9-1)65-41-51(21-31-79(65)87-75)47-17-27-71-61(37-47)62-38-48(52-22-32-80-66(42-52)58-10-2-6-14-76(58)88-80)18-28-72(62)85(71)55-25-35-83-69(45-55)70-46-56(26-36-84(70)91-83)86-73-29-19-49(53-23-33-81-67(43-53)59-11-3-7-15-77(59)89-81)39-63(73)64-40-50(20-30-74(64)86)54-24-34-82-68(44-54)60-12-4-8-16-78(60)90-82/h1-46H. The molecule has 0 saturated carbocycles. The van der Waals surface area contributed by atoms with E-state index in [2.05, 4.69) is 240 Å². The molecular formula is C84H46N2O5. The third-order valence-corrected chi connectivity index (χ3v) is 19.3. The summed E-state index contributed by atoms with van der Waals surface area (Å²) in [5.74, 6) is 0. The van der Waals surface area contributed by atoms with E-state index in [9.17, 15) is 0 Å². The second-order valence-electron chi connectivity index (χ2n) is 24.3. The molecule has 7 heteroatoms. The predicted molar refractivity (Wildman–Crippen MR) is 373 cm³/mol. The van der Waals surface area contributed by atoms with Crippen molar-refractivity contribution in [2.45, 2.75) is 0 Å². The van der Waals surface area contributed by atoms with Gasteiger partial charge in [-0.05, 0) is 202 Å². The van der Waals surface area contributed by atoms with Gasteiger partial charge in [-0.1, -0.05) is 121 Å². The van der Waals surface area contributed by atoms with E-state index in [0.717, 1.165) is 209 Å². The number of para-hydroxylation sites is 4. The highest BCUT2D eigenvalue weighted by atomic mass is 16.3. The summed E-state index contributed by atoms with van der Waals surface area (Å²) in [5, 5.41) is 15.6. The summed E-state index contributed by atoms with van der Waals surface area (Å²) in [6.45, 7) is 0. The molecule has 0 radical (unpaired) electrons. The zero-order valence-electron chi connectivity index (χ0n) is 48.5. The van der Waals surface area contributed by atoms with Gasteiger partial charge in [-0.25, -0.2) is 0 Å². The Morgan fingerprint density at radius 2 is 0.352 bits per heavy atom. The van der Waals surface area contributed by atoms with Gasteiger partial charge < -0.3 is 31.2 Å². The first-order valence-corrected chi connectivity index (χ1v) is 30.8. The SMILES string of the molecule is c1ccc2c(c1)oc1ccc(-c3ccc4c(c3)c3cc(-c5ccc6oc7ccccc7c6c5)ccc3n4-c3ccc4oc5ccc(-n6c7ccc(-c8ccc9oc%10ccccc%10c9c8)cc7c7cc(-c8ccc9oc%10ccccc%10c9c8)ccc76)cc5c4c3)cc12. The molecule has 0 amide bonds. The van der Waals surface area contributed by atoms with E-state index in [1.807, 2.05) is 48.5 Å². The molecule has 0 N–H and O–H groups in total. The van der Waals surface area contributed by atoms with Gasteiger partial charge in [0.1, 0.15) is 55.8 Å². The van der Waals surface area contributed by atoms with E-state index >= 15 is 0 Å². The average Bonchev–Trinajstić information content (AvgIpc) is 1.65. The van der Waals surface area contributed by atoms with Crippen LogP contribution in [0.5, 0.6) is 0 Å². The van der Waals surface area contributed by atoms with Crippen LogP contribution in [0.2, 0.25) is 0 Å². The summed E-state index contributed by atoms with van der Waals surface area (Å²) in [6.07, 6.45) is 0. The van der Waals surface area contributed by atoms with Crippen molar-refractivity contribution >= 4 is 153 Å². The molecule has 21 aromatic rings. The van der Waals surface area contributed by atoms with Crippen LogP contribution in [-0.2, 0) is 0 Å². The third kappa shape index (κ3) is 7.14. The molecule has 0 saturated heterocycles. The molecule has 0 unspecified atom stereocenters. The van der Waals surface area contributed by atoms with Crippen molar-refractivity contribution in [2.75, 3.05) is 0 Å². The summed E-state index contributed by atoms with van der Waals surface area (Å²) < 4.78 is 36.7. The lowest BCUT2D eigenvalue weighted by molar-refractivity contribution is 0.668. The second kappa shape index (κ2) is 18.1. The fourth-order valence-electron chi connectivity index (χ4n) is 15.0. The molecule has 0 bridgehead atoms. The minimum Gasteiger partial charge on any atom is -0.456 e. The van der Waals surface area contributed by atoms with Gasteiger partial charge in [0.05, 0.1) is 22.1 Å². The van der Waals surface area contributed by atoms with Gasteiger partial charge in [-0.15, -0.1) is 0 Å². The molecule has 0 spiro atoms. The quantitative estimate of drug-likeness (QED) is 0.166. The molecule has 91 heavy (non-hydrogen) atoms. The van der Waals surface area contributed by atoms with E-state index in [1.165, 1.54) is 0 Å². The van der Waals surface area contributed by atoms with Gasteiger partial charge >= 0.3 is 0 Å². The first-order chi connectivity index (χ1) is 45.0. The van der Waals surface area contributed by atoms with Crippen LogP contribution in [0, 0.1) is 0 Å². The molecule has 0 aliphatic carbocycles. The fraction of sp³-hybridized carbons (Fsp3) is 0. The Morgan fingerprint density at radius 3 is 0.615 bits per heavy atom. The number of hydrogen-bond acceptors (Lipinski definition) is 5. The zero-order valence-corrected chi connectivity index (χ0v) is 48.5. The average molecular weight is 1160 g/mol. The minimum atomic E-state index is 0.826. The van der Waals surface area contributed by atoms with Crippen molar-refractivity contribution in [1.82, 2.24) is 9.13 Å². The van der Waals surface area contributed by atoms with E-state index in [4.69, 9.17) is 22.1 Å². The smallest absolute Gasteiger partial charge is 0.135 e. The van der Waals surface area contributed by atoms with Crippen LogP contribution in [0.3, 0.4) is 0 Å². The number of aromatic nitrogens is 2. The summed E-state index contributed by atoms with van der Waals surface area (Å²) in [7, 11) is 0. The number of rotatable bonds is 6. The van der Waals surface area contributed by atoms with Gasteiger partial charge in [0.15, 0.2) is 0 Å². The number of furan rings is 5. The highest BCUT2D eigenvalue weighted by molar-refractivity contribution is 6.17. The lowest BCUT2D eigenvalue weighted by atomic mass is 9.98. The van der Waals surface area contributed by atoms with Gasteiger partial charge in [-0.3, -0.25) is 0 Å². The first kappa shape index (κ1) is 48.8. The van der Waals surface area contributed by atoms with Crippen molar-refractivity contribution in [2.24, 2.45) is 0 Å². The molecular weight excluding hydrogens is 1120 g/mol. The number of nitrogens with zero attached hydrogens (tertiary/aromatic N) is 2. The van der Waals surface area contributed by atoms with Crippen molar-refractivity contribution in [3.05, 3.63) is 279 Å². The number of benzene rings is 14. The topological polar surface area (TPSA) is 75.6 Å². The maximum Gasteiger partial charge on any atom is 0.135 e. The molecule has 0 atom stereocenters. The molecule has 7 nitrogen and oxygen atoms in total. The molecule has 14 aromatic carbocycles. The van der Waals surface area contributed by atoms with Gasteiger partial charge in [0.2, 0.25) is 0 Å². The first-order valence-electron chi connectivity index (χ1n) is 30.8. The molecule has 0 aliphatic heterocycles. The molecule has 7 heterocycles. The normalized spacial score (nSPS) is 12.4. The van der Waals surface area contributed by atoms with Crippen molar-refractivity contribution in [3.8, 4) is 55.9 Å². The summed E-state index contributed by atoms with van der Waals surface area (Å²) in [6, 6.07) is 100. The zero-order chi connectivity index (χ0) is 59.2. The second-order valence-corrected chi connectivity index (χ2v) is 24.3.